The Morgan fingerprint density at radius 1 is 1.25 bits per heavy atom. The van der Waals surface area contributed by atoms with Crippen molar-refractivity contribution in [2.75, 3.05) is 11.9 Å². The van der Waals surface area contributed by atoms with E-state index in [0.29, 0.717) is 21.8 Å². The highest BCUT2D eigenvalue weighted by atomic mass is 79.9. The Morgan fingerprint density at radius 2 is 1.92 bits per heavy atom. The van der Waals surface area contributed by atoms with Gasteiger partial charge in [0.05, 0.1) is 10.6 Å². The van der Waals surface area contributed by atoms with Crippen LogP contribution in [0.3, 0.4) is 0 Å². The highest BCUT2D eigenvalue weighted by Crippen LogP contribution is 2.27. The highest BCUT2D eigenvalue weighted by molar-refractivity contribution is 9.10. The van der Waals surface area contributed by atoms with Crippen LogP contribution in [0.2, 0.25) is 0 Å². The number of carbonyl (C=O) groups is 1. The molecule has 0 spiro atoms. The summed E-state index contributed by atoms with van der Waals surface area (Å²) in [5, 5.41) is 13.3. The number of nitro groups is 1. The van der Waals surface area contributed by atoms with Crippen molar-refractivity contribution in [3.63, 3.8) is 0 Å². The number of nitrogens with one attached hydrogen (secondary N) is 1. The molecule has 0 aliphatic carbocycles. The molecule has 0 radical (unpaired) electrons. The molecule has 0 bridgehead atoms. The monoisotopic (exact) mass is 392 g/mol. The molecular formula is C17H17BrN2O4. The van der Waals surface area contributed by atoms with Crippen LogP contribution < -0.4 is 10.1 Å². The van der Waals surface area contributed by atoms with Crippen LogP contribution in [0, 0.1) is 10.1 Å². The first-order valence-electron chi connectivity index (χ1n) is 7.33. The van der Waals surface area contributed by atoms with E-state index in [1.807, 2.05) is 24.3 Å². The predicted octanol–water partition coefficient (Wildman–Crippen LogP) is 4.50. The number of hydrogen-bond acceptors (Lipinski definition) is 4. The molecule has 0 aromatic heterocycles. The number of carbonyl (C=O) groups excluding carboxylic acids is 1. The normalized spacial score (nSPS) is 10.5. The number of nitrogens with zero attached hydrogens (tertiary/aromatic N) is 1. The van der Waals surface area contributed by atoms with Gasteiger partial charge < -0.3 is 10.1 Å². The fourth-order valence-corrected chi connectivity index (χ4v) is 2.47. The number of non-ortho nitro benzene ring substituents is 1. The lowest BCUT2D eigenvalue weighted by atomic mass is 10.0. The Labute approximate surface area is 148 Å². The molecule has 1 N–H and O–H groups in total. The summed E-state index contributed by atoms with van der Waals surface area (Å²) in [6.07, 6.45) is 0. The van der Waals surface area contributed by atoms with Gasteiger partial charge in [-0.2, -0.15) is 0 Å². The minimum atomic E-state index is -0.500. The summed E-state index contributed by atoms with van der Waals surface area (Å²) in [5.74, 6) is 0.691. The molecule has 0 fully saturated rings. The van der Waals surface area contributed by atoms with E-state index in [2.05, 4.69) is 35.1 Å². The Bertz CT molecular complexity index is 745. The summed E-state index contributed by atoms with van der Waals surface area (Å²) in [6.45, 7) is 4.06. The van der Waals surface area contributed by atoms with Gasteiger partial charge in [0, 0.05) is 16.6 Å². The SMILES string of the molecule is CC(C)c1ccc(OCC(=O)Nc2ccc([N+](=O)[O-])cc2Br)cc1. The van der Waals surface area contributed by atoms with E-state index in [-0.39, 0.29) is 18.2 Å². The summed E-state index contributed by atoms with van der Waals surface area (Å²) in [4.78, 5) is 22.1. The minimum Gasteiger partial charge on any atom is -0.484 e. The van der Waals surface area contributed by atoms with E-state index in [1.165, 1.54) is 23.8 Å². The van der Waals surface area contributed by atoms with E-state index >= 15 is 0 Å². The third-order valence-electron chi connectivity index (χ3n) is 3.35. The number of anilines is 1. The number of benzene rings is 2. The van der Waals surface area contributed by atoms with E-state index in [4.69, 9.17) is 4.74 Å². The Hall–Kier alpha value is -2.41. The fourth-order valence-electron chi connectivity index (χ4n) is 2.00. The number of ether oxygens (including phenoxy) is 1. The molecule has 2 aromatic carbocycles. The third-order valence-corrected chi connectivity index (χ3v) is 4.01. The van der Waals surface area contributed by atoms with Crippen LogP contribution in [-0.4, -0.2) is 17.4 Å². The second-order valence-electron chi connectivity index (χ2n) is 5.48. The van der Waals surface area contributed by atoms with Crippen LogP contribution in [0.4, 0.5) is 11.4 Å². The lowest BCUT2D eigenvalue weighted by Gasteiger charge is -2.10. The zero-order chi connectivity index (χ0) is 17.7. The molecule has 0 unspecified atom stereocenters. The molecule has 1 amide bonds. The van der Waals surface area contributed by atoms with Crippen molar-refractivity contribution in [2.24, 2.45) is 0 Å². The van der Waals surface area contributed by atoms with E-state index in [9.17, 15) is 14.9 Å². The van der Waals surface area contributed by atoms with Gasteiger partial charge in [0.1, 0.15) is 5.75 Å². The van der Waals surface area contributed by atoms with Crippen LogP contribution in [0.5, 0.6) is 5.75 Å². The van der Waals surface area contributed by atoms with Gasteiger partial charge in [0.25, 0.3) is 11.6 Å². The van der Waals surface area contributed by atoms with Crippen molar-refractivity contribution in [1.82, 2.24) is 0 Å². The molecule has 0 atom stereocenters. The molecule has 0 saturated carbocycles. The molecule has 126 valence electrons. The Kier molecular flexibility index (Phi) is 5.92. The van der Waals surface area contributed by atoms with Crippen LogP contribution in [0.25, 0.3) is 0 Å². The summed E-state index contributed by atoms with van der Waals surface area (Å²) in [5.41, 5.74) is 1.59. The average Bonchev–Trinajstić information content (AvgIpc) is 2.55. The van der Waals surface area contributed by atoms with Gasteiger partial charge in [-0.3, -0.25) is 14.9 Å². The number of hydrogen-bond donors (Lipinski definition) is 1. The lowest BCUT2D eigenvalue weighted by molar-refractivity contribution is -0.384. The van der Waals surface area contributed by atoms with Crippen molar-refractivity contribution in [3.05, 3.63) is 62.6 Å². The summed E-state index contributed by atoms with van der Waals surface area (Å²) >= 11 is 3.20. The molecule has 24 heavy (non-hydrogen) atoms. The van der Waals surface area contributed by atoms with E-state index in [1.54, 1.807) is 0 Å². The number of nitro benzene ring substituents is 1. The minimum absolute atomic E-state index is 0.0543. The Balaban J connectivity index is 1.92. The van der Waals surface area contributed by atoms with Gasteiger partial charge >= 0.3 is 0 Å². The van der Waals surface area contributed by atoms with Gasteiger partial charge in [-0.05, 0) is 45.6 Å². The Morgan fingerprint density at radius 3 is 2.46 bits per heavy atom. The zero-order valence-electron chi connectivity index (χ0n) is 13.3. The van der Waals surface area contributed by atoms with E-state index < -0.39 is 4.92 Å². The summed E-state index contributed by atoms with van der Waals surface area (Å²) in [7, 11) is 0. The van der Waals surface area contributed by atoms with Gasteiger partial charge in [-0.15, -0.1) is 0 Å². The third kappa shape index (κ3) is 4.79. The smallest absolute Gasteiger partial charge is 0.270 e. The first kappa shape index (κ1) is 17.9. The average molecular weight is 393 g/mol. The number of amides is 1. The first-order valence-corrected chi connectivity index (χ1v) is 8.12. The van der Waals surface area contributed by atoms with Crippen LogP contribution in [0.15, 0.2) is 46.9 Å². The van der Waals surface area contributed by atoms with Gasteiger partial charge in [0.15, 0.2) is 6.61 Å². The maximum Gasteiger partial charge on any atom is 0.270 e. The second-order valence-corrected chi connectivity index (χ2v) is 6.34. The van der Waals surface area contributed by atoms with Gasteiger partial charge in [-0.1, -0.05) is 26.0 Å². The summed E-state index contributed by atoms with van der Waals surface area (Å²) < 4.78 is 5.88. The number of rotatable bonds is 6. The standard InChI is InChI=1S/C17H17BrN2O4/c1-11(2)12-3-6-14(7-4-12)24-10-17(21)19-16-8-5-13(20(22)23)9-15(16)18/h3-9,11H,10H2,1-2H3,(H,19,21). The van der Waals surface area contributed by atoms with Crippen molar-refractivity contribution < 1.29 is 14.5 Å². The van der Waals surface area contributed by atoms with Gasteiger partial charge in [-0.25, -0.2) is 0 Å². The molecule has 0 heterocycles. The topological polar surface area (TPSA) is 81.5 Å². The molecular weight excluding hydrogens is 376 g/mol. The van der Waals surface area contributed by atoms with Crippen molar-refractivity contribution in [3.8, 4) is 5.75 Å². The van der Waals surface area contributed by atoms with Crippen LogP contribution in [0.1, 0.15) is 25.3 Å². The lowest BCUT2D eigenvalue weighted by Crippen LogP contribution is -2.20. The first-order chi connectivity index (χ1) is 11.4. The molecule has 0 saturated heterocycles. The fraction of sp³-hybridized carbons (Fsp3) is 0.235. The van der Waals surface area contributed by atoms with Crippen LogP contribution >= 0.6 is 15.9 Å². The highest BCUT2D eigenvalue weighted by Gasteiger charge is 2.11. The maximum absolute atomic E-state index is 11.9. The van der Waals surface area contributed by atoms with E-state index in [0.717, 1.165) is 0 Å². The van der Waals surface area contributed by atoms with Gasteiger partial charge in [0.2, 0.25) is 0 Å². The number of halogens is 1. The molecule has 7 heteroatoms. The van der Waals surface area contributed by atoms with Crippen molar-refractivity contribution in [1.29, 1.82) is 0 Å². The quantitative estimate of drug-likeness (QED) is 0.579. The summed E-state index contributed by atoms with van der Waals surface area (Å²) in [6, 6.07) is 11.7. The van der Waals surface area contributed by atoms with Crippen molar-refractivity contribution in [2.45, 2.75) is 19.8 Å². The van der Waals surface area contributed by atoms with Crippen LogP contribution in [-0.2, 0) is 4.79 Å². The van der Waals surface area contributed by atoms with Crippen molar-refractivity contribution >= 4 is 33.2 Å². The molecule has 0 aliphatic heterocycles. The predicted molar refractivity (Wildman–Crippen MR) is 95.5 cm³/mol. The molecule has 0 aliphatic rings. The molecule has 2 aromatic rings. The second kappa shape index (κ2) is 7.92. The molecule has 6 nitrogen and oxygen atoms in total. The zero-order valence-corrected chi connectivity index (χ0v) is 14.9. The molecule has 2 rings (SSSR count). The largest absolute Gasteiger partial charge is 0.484 e. The maximum atomic E-state index is 11.9.